The van der Waals surface area contributed by atoms with E-state index in [4.69, 9.17) is 9.72 Å². The van der Waals surface area contributed by atoms with Gasteiger partial charge < -0.3 is 9.30 Å². The van der Waals surface area contributed by atoms with E-state index in [2.05, 4.69) is 34.4 Å². The lowest BCUT2D eigenvalue weighted by molar-refractivity contribution is 0.151. The van der Waals surface area contributed by atoms with Gasteiger partial charge >= 0.3 is 6.09 Å². The highest BCUT2D eigenvalue weighted by atomic mass is 32.2. The number of amides is 1. The Hall–Kier alpha value is -4.43. The van der Waals surface area contributed by atoms with Crippen molar-refractivity contribution in [1.29, 1.82) is 0 Å². The first kappa shape index (κ1) is 29.1. The maximum atomic E-state index is 13.3. The number of unbranched alkanes of at least 4 members (excludes halogenated alkanes) is 1. The number of aryl methyl sites for hydroxylation is 1. The normalized spacial score (nSPS) is 11.5. The monoisotopic (exact) mass is 581 g/mol. The fourth-order valence-electron chi connectivity index (χ4n) is 5.00. The van der Waals surface area contributed by atoms with Crippen molar-refractivity contribution in [1.82, 2.24) is 14.3 Å². The number of benzene rings is 4. The van der Waals surface area contributed by atoms with E-state index in [0.717, 1.165) is 58.4 Å². The molecule has 1 amide bonds. The molecule has 1 aromatic heterocycles. The quantitative estimate of drug-likeness (QED) is 0.162. The summed E-state index contributed by atoms with van der Waals surface area (Å²) < 4.78 is 35.9. The van der Waals surface area contributed by atoms with Crippen LogP contribution in [0.3, 0.4) is 0 Å². The van der Waals surface area contributed by atoms with Gasteiger partial charge in [-0.05, 0) is 53.8 Å². The molecule has 4 aromatic carbocycles. The minimum Gasteiger partial charge on any atom is -0.449 e. The lowest BCUT2D eigenvalue weighted by Crippen LogP contribution is -2.31. The van der Waals surface area contributed by atoms with Crippen LogP contribution in [0.4, 0.5) is 4.79 Å². The Morgan fingerprint density at radius 2 is 1.55 bits per heavy atom. The molecule has 0 saturated heterocycles. The molecule has 42 heavy (non-hydrogen) atoms. The number of nitrogens with zero attached hydrogens (tertiary/aromatic N) is 2. The topological polar surface area (TPSA) is 90.3 Å². The van der Waals surface area contributed by atoms with E-state index >= 15 is 0 Å². The number of carbonyl (C=O) groups excluding carboxylic acids is 1. The van der Waals surface area contributed by atoms with E-state index < -0.39 is 16.1 Å². The number of sulfonamides is 1. The van der Waals surface area contributed by atoms with Gasteiger partial charge in [0, 0.05) is 17.7 Å². The lowest BCUT2D eigenvalue weighted by Gasteiger charge is -2.15. The standard InChI is InChI=1S/C34H35N3O4S/c1-3-5-22-41-34(38)36-42(39,40)32-21-18-25(11-4-2)23-29(32)27-19-16-26(17-20-27)24-37-31-15-10-9-14-30(31)35-33(37)28-12-7-6-8-13-28/h6-10,12-21,23H,3-5,11,22,24H2,1-2H3,(H,36,38). The third-order valence-corrected chi connectivity index (χ3v) is 8.48. The highest BCUT2D eigenvalue weighted by molar-refractivity contribution is 7.90. The van der Waals surface area contributed by atoms with Gasteiger partial charge in [-0.2, -0.15) is 0 Å². The predicted octanol–water partition coefficient (Wildman–Crippen LogP) is 7.59. The van der Waals surface area contributed by atoms with Crippen LogP contribution in [0, 0.1) is 0 Å². The largest absolute Gasteiger partial charge is 0.449 e. The molecule has 0 fully saturated rings. The molecule has 1 N–H and O–H groups in total. The zero-order valence-corrected chi connectivity index (χ0v) is 24.7. The molecule has 5 rings (SSSR count). The third-order valence-electron chi connectivity index (χ3n) is 7.11. The number of rotatable bonds is 11. The summed E-state index contributed by atoms with van der Waals surface area (Å²) in [6, 6.07) is 31.3. The lowest BCUT2D eigenvalue weighted by atomic mass is 10.00. The maximum Gasteiger partial charge on any atom is 0.421 e. The summed E-state index contributed by atoms with van der Waals surface area (Å²) in [5, 5.41) is 0. The highest BCUT2D eigenvalue weighted by Gasteiger charge is 2.23. The molecule has 0 unspecified atom stereocenters. The van der Waals surface area contributed by atoms with Gasteiger partial charge in [-0.25, -0.2) is 22.9 Å². The number of hydrogen-bond donors (Lipinski definition) is 1. The first-order valence-electron chi connectivity index (χ1n) is 14.3. The van der Waals surface area contributed by atoms with E-state index in [1.165, 1.54) is 0 Å². The number of hydrogen-bond acceptors (Lipinski definition) is 5. The van der Waals surface area contributed by atoms with Crippen molar-refractivity contribution in [3.05, 3.63) is 108 Å². The van der Waals surface area contributed by atoms with Crippen LogP contribution < -0.4 is 4.72 Å². The van der Waals surface area contributed by atoms with Crippen LogP contribution in [0.25, 0.3) is 33.5 Å². The fraction of sp³-hybridized carbons (Fsp3) is 0.235. The highest BCUT2D eigenvalue weighted by Crippen LogP contribution is 2.31. The molecule has 0 saturated carbocycles. The number of nitrogens with one attached hydrogen (secondary N) is 1. The van der Waals surface area contributed by atoms with Gasteiger partial charge in [-0.1, -0.05) is 99.5 Å². The van der Waals surface area contributed by atoms with Crippen molar-refractivity contribution in [3.8, 4) is 22.5 Å². The predicted molar refractivity (Wildman–Crippen MR) is 167 cm³/mol. The number of ether oxygens (including phenoxy) is 1. The zero-order valence-electron chi connectivity index (χ0n) is 23.9. The average Bonchev–Trinajstić information content (AvgIpc) is 3.36. The Morgan fingerprint density at radius 1 is 0.833 bits per heavy atom. The van der Waals surface area contributed by atoms with Crippen molar-refractivity contribution in [2.24, 2.45) is 0 Å². The molecule has 0 aliphatic heterocycles. The number of para-hydroxylation sites is 2. The van der Waals surface area contributed by atoms with Crippen molar-refractivity contribution in [2.75, 3.05) is 6.61 Å². The molecule has 0 atom stereocenters. The van der Waals surface area contributed by atoms with Crippen molar-refractivity contribution < 1.29 is 17.9 Å². The molecule has 0 spiro atoms. The molecule has 0 aliphatic carbocycles. The molecular weight excluding hydrogens is 546 g/mol. The Bertz CT molecular complexity index is 1780. The maximum absolute atomic E-state index is 13.3. The van der Waals surface area contributed by atoms with Gasteiger partial charge in [0.2, 0.25) is 0 Å². The van der Waals surface area contributed by atoms with Crippen molar-refractivity contribution >= 4 is 27.1 Å². The molecule has 5 aromatic rings. The first-order chi connectivity index (χ1) is 20.4. The van der Waals surface area contributed by atoms with Gasteiger partial charge in [0.25, 0.3) is 10.0 Å². The molecule has 0 aliphatic rings. The van der Waals surface area contributed by atoms with E-state index in [-0.39, 0.29) is 11.5 Å². The van der Waals surface area contributed by atoms with E-state index in [1.807, 2.05) is 73.7 Å². The average molecular weight is 582 g/mol. The van der Waals surface area contributed by atoms with Gasteiger partial charge in [0.1, 0.15) is 5.82 Å². The van der Waals surface area contributed by atoms with E-state index in [0.29, 0.717) is 18.5 Å². The second-order valence-electron chi connectivity index (χ2n) is 10.2. The minimum atomic E-state index is -4.16. The second kappa shape index (κ2) is 13.0. The van der Waals surface area contributed by atoms with Crippen LogP contribution in [0.1, 0.15) is 44.2 Å². The Labute approximate surface area is 247 Å². The molecule has 7 nitrogen and oxygen atoms in total. The number of aromatic nitrogens is 2. The van der Waals surface area contributed by atoms with Crippen LogP contribution in [0.5, 0.6) is 0 Å². The van der Waals surface area contributed by atoms with Crippen molar-refractivity contribution in [3.63, 3.8) is 0 Å². The molecule has 0 bridgehead atoms. The zero-order chi connectivity index (χ0) is 29.5. The molecule has 0 radical (unpaired) electrons. The van der Waals surface area contributed by atoms with Crippen LogP contribution in [0.2, 0.25) is 0 Å². The summed E-state index contributed by atoms with van der Waals surface area (Å²) in [5.41, 5.74) is 6.36. The smallest absolute Gasteiger partial charge is 0.421 e. The van der Waals surface area contributed by atoms with Gasteiger partial charge in [-0.3, -0.25) is 0 Å². The Kier molecular flexibility index (Phi) is 9.03. The van der Waals surface area contributed by atoms with Gasteiger partial charge in [-0.15, -0.1) is 0 Å². The van der Waals surface area contributed by atoms with Gasteiger partial charge in [0.05, 0.1) is 22.5 Å². The Morgan fingerprint density at radius 3 is 2.29 bits per heavy atom. The summed E-state index contributed by atoms with van der Waals surface area (Å²) in [5.74, 6) is 0.887. The second-order valence-corrected chi connectivity index (χ2v) is 11.9. The van der Waals surface area contributed by atoms with Crippen LogP contribution in [-0.4, -0.2) is 30.7 Å². The first-order valence-corrected chi connectivity index (χ1v) is 15.8. The summed E-state index contributed by atoms with van der Waals surface area (Å²) >= 11 is 0. The van der Waals surface area contributed by atoms with Crippen LogP contribution >= 0.6 is 0 Å². The molecule has 216 valence electrons. The molecular formula is C34H35N3O4S. The fourth-order valence-corrected chi connectivity index (χ4v) is 6.10. The van der Waals surface area contributed by atoms with Crippen LogP contribution in [0.15, 0.2) is 102 Å². The van der Waals surface area contributed by atoms with Gasteiger partial charge in [0.15, 0.2) is 0 Å². The summed E-state index contributed by atoms with van der Waals surface area (Å²) in [4.78, 5) is 17.2. The summed E-state index contributed by atoms with van der Waals surface area (Å²) in [7, 11) is -4.16. The number of fused-ring (bicyclic) bond motifs is 1. The Balaban J connectivity index is 1.47. The van der Waals surface area contributed by atoms with Crippen molar-refractivity contribution in [2.45, 2.75) is 51.0 Å². The third kappa shape index (κ3) is 6.55. The van der Waals surface area contributed by atoms with E-state index in [9.17, 15) is 13.2 Å². The molecule has 8 heteroatoms. The minimum absolute atomic E-state index is 0.0366. The SMILES string of the molecule is CCCCOC(=O)NS(=O)(=O)c1ccc(CCC)cc1-c1ccc(Cn2c(-c3ccccc3)nc3ccccc32)cc1. The number of carbonyl (C=O) groups is 1. The summed E-state index contributed by atoms with van der Waals surface area (Å²) in [6.45, 7) is 4.81. The summed E-state index contributed by atoms with van der Waals surface area (Å²) in [6.07, 6.45) is 2.27. The van der Waals surface area contributed by atoms with Crippen LogP contribution in [-0.2, 0) is 27.7 Å². The van der Waals surface area contributed by atoms with E-state index in [1.54, 1.807) is 12.1 Å². The number of imidazole rings is 1. The molecule has 1 heterocycles.